The van der Waals surface area contributed by atoms with Crippen molar-refractivity contribution >= 4 is 29.1 Å². The predicted octanol–water partition coefficient (Wildman–Crippen LogP) is 4.94. The number of ether oxygens (including phenoxy) is 1. The van der Waals surface area contributed by atoms with Crippen molar-refractivity contribution in [2.45, 2.75) is 85.5 Å². The Morgan fingerprint density at radius 1 is 1.24 bits per heavy atom. The van der Waals surface area contributed by atoms with E-state index in [9.17, 15) is 4.79 Å². The maximum Gasteiger partial charge on any atom is 0.411 e. The number of carbonyl (C=O) groups excluding carboxylic acids is 1. The Morgan fingerprint density at radius 3 is 2.58 bits per heavy atom. The van der Waals surface area contributed by atoms with Gasteiger partial charge in [0.05, 0.1) is 0 Å². The highest BCUT2D eigenvalue weighted by molar-refractivity contribution is 6.00. The first-order chi connectivity index (χ1) is 18.0. The molecule has 1 aliphatic heterocycles. The van der Waals surface area contributed by atoms with E-state index in [1.807, 2.05) is 53.9 Å². The van der Waals surface area contributed by atoms with Crippen LogP contribution in [0.15, 0.2) is 30.0 Å². The molecule has 11 heteroatoms. The predicted molar refractivity (Wildman–Crippen MR) is 148 cm³/mol. The lowest BCUT2D eigenvalue weighted by atomic mass is 9.85. The van der Waals surface area contributed by atoms with Gasteiger partial charge in [0.15, 0.2) is 11.6 Å². The maximum atomic E-state index is 12.5. The fourth-order valence-electron chi connectivity index (χ4n) is 4.76. The average molecular weight is 522 g/mol. The molecule has 11 nitrogen and oxygen atoms in total. The van der Waals surface area contributed by atoms with Gasteiger partial charge in [-0.25, -0.2) is 24.7 Å². The molecule has 1 amide bonds. The van der Waals surface area contributed by atoms with E-state index < -0.39 is 11.7 Å². The first-order valence-corrected chi connectivity index (χ1v) is 13.2. The number of aryl methyl sites for hydroxylation is 1. The number of rotatable bonds is 7. The summed E-state index contributed by atoms with van der Waals surface area (Å²) in [6.45, 7) is 14.2. The second-order valence-electron chi connectivity index (χ2n) is 11.1. The monoisotopic (exact) mass is 521 g/mol. The van der Waals surface area contributed by atoms with Crippen LogP contribution in [-0.4, -0.2) is 49.9 Å². The van der Waals surface area contributed by atoms with Crippen LogP contribution in [0.5, 0.6) is 0 Å². The molecule has 0 saturated heterocycles. The van der Waals surface area contributed by atoms with Crippen LogP contribution in [-0.2, 0) is 4.74 Å². The summed E-state index contributed by atoms with van der Waals surface area (Å²) in [5.41, 5.74) is 3.32. The molecular weight excluding hydrogens is 482 g/mol. The van der Waals surface area contributed by atoms with Gasteiger partial charge in [-0.1, -0.05) is 13.8 Å². The molecule has 4 N–H and O–H groups in total. The van der Waals surface area contributed by atoms with E-state index in [4.69, 9.17) is 10.1 Å². The van der Waals surface area contributed by atoms with Gasteiger partial charge in [-0.2, -0.15) is 0 Å². The molecule has 204 valence electrons. The number of carbonyl (C=O) groups is 1. The summed E-state index contributed by atoms with van der Waals surface area (Å²) in [6, 6.07) is 0.0333. The molecule has 0 bridgehead atoms. The third-order valence-electron chi connectivity index (χ3n) is 6.60. The molecule has 0 fully saturated rings. The molecule has 2 unspecified atom stereocenters. The van der Waals surface area contributed by atoms with Gasteiger partial charge >= 0.3 is 6.09 Å². The number of hydrogen-bond donors (Lipinski definition) is 4. The molecule has 0 saturated carbocycles. The van der Waals surface area contributed by atoms with Gasteiger partial charge in [0.1, 0.15) is 29.6 Å². The second-order valence-corrected chi connectivity index (χ2v) is 11.1. The number of nitrogens with zero attached hydrogens (tertiary/aromatic N) is 5. The van der Waals surface area contributed by atoms with Gasteiger partial charge in [-0.3, -0.25) is 5.32 Å². The summed E-state index contributed by atoms with van der Waals surface area (Å²) >= 11 is 0. The molecule has 2 atom stereocenters. The SMILES string of the molecule is CCN1c2ncnc(NC3CCC(NC(=O)OC(C)(C)C)=C(C(=N)C(C)C)C3)c2NC1c1cnc(C)nc1. The van der Waals surface area contributed by atoms with Crippen molar-refractivity contribution in [3.05, 3.63) is 41.4 Å². The van der Waals surface area contributed by atoms with Crippen molar-refractivity contribution in [3.63, 3.8) is 0 Å². The van der Waals surface area contributed by atoms with Gasteiger partial charge in [0, 0.05) is 42.0 Å². The number of nitrogens with one attached hydrogen (secondary N) is 4. The zero-order valence-electron chi connectivity index (χ0n) is 23.3. The highest BCUT2D eigenvalue weighted by Gasteiger charge is 2.34. The first-order valence-electron chi connectivity index (χ1n) is 13.2. The topological polar surface area (TPSA) is 141 Å². The fourth-order valence-corrected chi connectivity index (χ4v) is 4.76. The van der Waals surface area contributed by atoms with E-state index in [1.165, 1.54) is 0 Å². The molecule has 38 heavy (non-hydrogen) atoms. The summed E-state index contributed by atoms with van der Waals surface area (Å²) in [7, 11) is 0. The normalized spacial score (nSPS) is 19.2. The first kappa shape index (κ1) is 27.3. The van der Waals surface area contributed by atoms with E-state index in [0.717, 1.165) is 47.1 Å². The molecule has 0 spiro atoms. The fraction of sp³-hybridized carbons (Fsp3) is 0.556. The van der Waals surface area contributed by atoms with Crippen molar-refractivity contribution in [2.24, 2.45) is 5.92 Å². The Balaban J connectivity index is 1.55. The van der Waals surface area contributed by atoms with Gasteiger partial charge < -0.3 is 25.7 Å². The minimum atomic E-state index is -0.593. The quantitative estimate of drug-likeness (QED) is 0.373. The van der Waals surface area contributed by atoms with Crippen molar-refractivity contribution in [1.82, 2.24) is 25.3 Å². The van der Waals surface area contributed by atoms with Crippen LogP contribution >= 0.6 is 0 Å². The lowest BCUT2D eigenvalue weighted by Crippen LogP contribution is -2.37. The average Bonchev–Trinajstić information content (AvgIpc) is 3.23. The van der Waals surface area contributed by atoms with E-state index >= 15 is 0 Å². The van der Waals surface area contributed by atoms with Crippen molar-refractivity contribution in [3.8, 4) is 0 Å². The van der Waals surface area contributed by atoms with E-state index in [0.29, 0.717) is 24.4 Å². The number of amides is 1. The largest absolute Gasteiger partial charge is 0.444 e. The molecule has 4 rings (SSSR count). The Labute approximate surface area is 224 Å². The zero-order valence-corrected chi connectivity index (χ0v) is 23.3. The summed E-state index contributed by atoms with van der Waals surface area (Å²) in [5.74, 6) is 2.29. The highest BCUT2D eigenvalue weighted by atomic mass is 16.6. The summed E-state index contributed by atoms with van der Waals surface area (Å²) in [6.07, 6.45) is 6.59. The lowest BCUT2D eigenvalue weighted by molar-refractivity contribution is 0.0542. The van der Waals surface area contributed by atoms with Crippen molar-refractivity contribution < 1.29 is 9.53 Å². The van der Waals surface area contributed by atoms with Gasteiger partial charge in [0.2, 0.25) is 0 Å². The molecule has 0 radical (unpaired) electrons. The Morgan fingerprint density at radius 2 is 1.95 bits per heavy atom. The standard InChI is InChI=1S/C27H39N9O2/c1-8-36-24(17-12-29-16(4)30-13-17)35-22-23(31-14-32-25(22)36)33-18-9-10-20(19(11-18)21(28)15(2)3)34-26(37)38-27(5,6)7/h12-15,18,24,28,35H,8-11H2,1-7H3,(H,34,37)(H,31,32,33). The summed E-state index contributed by atoms with van der Waals surface area (Å²) in [4.78, 5) is 32.5. The minimum Gasteiger partial charge on any atom is -0.444 e. The molecule has 1 aliphatic carbocycles. The van der Waals surface area contributed by atoms with Crippen LogP contribution in [0.2, 0.25) is 0 Å². The summed E-state index contributed by atoms with van der Waals surface area (Å²) in [5, 5.41) is 18.8. The molecule has 2 aliphatic rings. The zero-order chi connectivity index (χ0) is 27.6. The minimum absolute atomic E-state index is 0.0275. The third kappa shape index (κ3) is 6.03. The number of allylic oxidation sites excluding steroid dienone is 1. The van der Waals surface area contributed by atoms with E-state index in [-0.39, 0.29) is 18.1 Å². The van der Waals surface area contributed by atoms with Crippen LogP contribution in [0.4, 0.5) is 22.1 Å². The number of hydrogen-bond acceptors (Lipinski definition) is 10. The van der Waals surface area contributed by atoms with E-state index in [2.05, 4.69) is 47.7 Å². The summed E-state index contributed by atoms with van der Waals surface area (Å²) < 4.78 is 5.47. The Hall–Kier alpha value is -3.76. The van der Waals surface area contributed by atoms with Gasteiger partial charge in [0.25, 0.3) is 0 Å². The smallest absolute Gasteiger partial charge is 0.411 e. The van der Waals surface area contributed by atoms with Crippen LogP contribution in [0.25, 0.3) is 0 Å². The van der Waals surface area contributed by atoms with Gasteiger partial charge in [-0.15, -0.1) is 0 Å². The molecule has 0 aromatic carbocycles. The van der Waals surface area contributed by atoms with Crippen LogP contribution < -0.4 is 20.9 Å². The Bertz CT molecular complexity index is 1220. The van der Waals surface area contributed by atoms with E-state index in [1.54, 1.807) is 6.33 Å². The van der Waals surface area contributed by atoms with Crippen molar-refractivity contribution in [1.29, 1.82) is 5.41 Å². The van der Waals surface area contributed by atoms with Crippen LogP contribution in [0.3, 0.4) is 0 Å². The van der Waals surface area contributed by atoms with Gasteiger partial charge in [-0.05, 0) is 65.4 Å². The van der Waals surface area contributed by atoms with Crippen LogP contribution in [0.1, 0.15) is 78.4 Å². The molecular formula is C27H39N9O2. The van der Waals surface area contributed by atoms with Crippen molar-refractivity contribution in [2.75, 3.05) is 22.1 Å². The molecule has 2 aromatic rings. The highest BCUT2D eigenvalue weighted by Crippen LogP contribution is 2.43. The second kappa shape index (κ2) is 10.9. The lowest BCUT2D eigenvalue weighted by Gasteiger charge is -2.30. The van der Waals surface area contributed by atoms with Crippen LogP contribution in [0, 0.1) is 18.3 Å². The number of alkyl carbamates (subject to hydrolysis) is 1. The number of fused-ring (bicyclic) bond motifs is 1. The third-order valence-corrected chi connectivity index (χ3v) is 6.60. The number of aromatic nitrogens is 4. The number of anilines is 3. The molecule has 2 aromatic heterocycles. The molecule has 3 heterocycles. The maximum absolute atomic E-state index is 12.5. The Kier molecular flexibility index (Phi) is 7.84.